The third-order valence-corrected chi connectivity index (χ3v) is 3.84. The molecule has 2 amide bonds. The monoisotopic (exact) mass is 361 g/mol. The van der Waals surface area contributed by atoms with Gasteiger partial charge in [-0.3, -0.25) is 9.59 Å². The molecule has 0 unspecified atom stereocenters. The van der Waals surface area contributed by atoms with Gasteiger partial charge in [0.2, 0.25) is 0 Å². The Morgan fingerprint density at radius 2 is 1.56 bits per heavy atom. The minimum atomic E-state index is -0.0935. The first-order chi connectivity index (χ1) is 11.4. The molecule has 6 heteroatoms. The molecule has 0 fully saturated rings. The number of anilines is 1. The van der Waals surface area contributed by atoms with Gasteiger partial charge in [0.15, 0.2) is 0 Å². The van der Waals surface area contributed by atoms with Crippen molar-refractivity contribution >= 4 is 29.9 Å². The molecule has 0 saturated heterocycles. The van der Waals surface area contributed by atoms with Crippen LogP contribution < -0.4 is 5.73 Å². The smallest absolute Gasteiger partial charge is 0.256 e. The molecule has 0 radical (unpaired) electrons. The second-order valence-corrected chi connectivity index (χ2v) is 5.80. The van der Waals surface area contributed by atoms with Crippen LogP contribution in [0, 0.1) is 0 Å². The molecule has 0 saturated carbocycles. The van der Waals surface area contributed by atoms with Gasteiger partial charge in [-0.1, -0.05) is 24.3 Å². The fourth-order valence-electron chi connectivity index (χ4n) is 2.42. The highest BCUT2D eigenvalue weighted by molar-refractivity contribution is 5.99. The normalized spacial score (nSPS) is 9.88. The molecule has 0 aliphatic heterocycles. The average molecular weight is 362 g/mol. The fraction of sp³-hybridized carbons (Fsp3) is 0.263. The molecule has 25 heavy (non-hydrogen) atoms. The first-order valence-corrected chi connectivity index (χ1v) is 7.88. The second kappa shape index (κ2) is 9.08. The van der Waals surface area contributed by atoms with E-state index in [0.717, 1.165) is 5.56 Å². The van der Waals surface area contributed by atoms with Gasteiger partial charge in [0.05, 0.1) is 5.56 Å². The maximum atomic E-state index is 12.7. The summed E-state index contributed by atoms with van der Waals surface area (Å²) in [4.78, 5) is 27.8. The van der Waals surface area contributed by atoms with Crippen molar-refractivity contribution in [2.24, 2.45) is 0 Å². The van der Waals surface area contributed by atoms with Crippen LogP contribution in [-0.4, -0.2) is 42.3 Å². The molecule has 0 aromatic heterocycles. The molecule has 0 spiro atoms. The minimum Gasteiger partial charge on any atom is -0.398 e. The van der Waals surface area contributed by atoms with Crippen LogP contribution in [0.3, 0.4) is 0 Å². The number of nitrogens with two attached hydrogens (primary N) is 1. The molecule has 2 rings (SSSR count). The van der Waals surface area contributed by atoms with Gasteiger partial charge in [0.1, 0.15) is 0 Å². The summed E-state index contributed by atoms with van der Waals surface area (Å²) in [6.45, 7) is 2.98. The second-order valence-electron chi connectivity index (χ2n) is 5.80. The van der Waals surface area contributed by atoms with Crippen molar-refractivity contribution in [2.45, 2.75) is 13.5 Å². The summed E-state index contributed by atoms with van der Waals surface area (Å²) in [5.41, 5.74) is 8.49. The Morgan fingerprint density at radius 1 is 0.960 bits per heavy atom. The van der Waals surface area contributed by atoms with Gasteiger partial charge in [0.25, 0.3) is 11.8 Å². The molecule has 0 aliphatic carbocycles. The van der Waals surface area contributed by atoms with Crippen molar-refractivity contribution in [2.75, 3.05) is 26.4 Å². The van der Waals surface area contributed by atoms with E-state index in [1.165, 1.54) is 4.90 Å². The summed E-state index contributed by atoms with van der Waals surface area (Å²) >= 11 is 0. The van der Waals surface area contributed by atoms with Gasteiger partial charge >= 0.3 is 0 Å². The Morgan fingerprint density at radius 3 is 2.08 bits per heavy atom. The zero-order valence-corrected chi connectivity index (χ0v) is 15.5. The Bertz CT molecular complexity index is 730. The fourth-order valence-corrected chi connectivity index (χ4v) is 2.42. The maximum Gasteiger partial charge on any atom is 0.256 e. The average Bonchev–Trinajstić information content (AvgIpc) is 2.59. The Hall–Kier alpha value is -2.53. The Kier molecular flexibility index (Phi) is 7.45. The number of carbonyl (C=O) groups is 2. The van der Waals surface area contributed by atoms with Crippen LogP contribution in [0.2, 0.25) is 0 Å². The number of para-hydroxylation sites is 1. The quantitative estimate of drug-likeness (QED) is 0.832. The predicted molar refractivity (Wildman–Crippen MR) is 103 cm³/mol. The molecule has 134 valence electrons. The third-order valence-electron chi connectivity index (χ3n) is 3.84. The lowest BCUT2D eigenvalue weighted by atomic mass is 10.1. The molecule has 0 aliphatic rings. The number of hydrogen-bond acceptors (Lipinski definition) is 3. The van der Waals surface area contributed by atoms with Crippen molar-refractivity contribution in [3.8, 4) is 0 Å². The van der Waals surface area contributed by atoms with E-state index in [4.69, 9.17) is 5.73 Å². The van der Waals surface area contributed by atoms with Gasteiger partial charge in [-0.05, 0) is 36.8 Å². The predicted octanol–water partition coefficient (Wildman–Crippen LogP) is 3.05. The summed E-state index contributed by atoms with van der Waals surface area (Å²) in [5.74, 6) is -0.133. The van der Waals surface area contributed by atoms with Crippen LogP contribution in [-0.2, 0) is 6.54 Å². The van der Waals surface area contributed by atoms with Crippen LogP contribution >= 0.6 is 12.4 Å². The number of amides is 2. The highest BCUT2D eigenvalue weighted by Gasteiger charge is 2.17. The van der Waals surface area contributed by atoms with Gasteiger partial charge < -0.3 is 15.5 Å². The molecule has 5 nitrogen and oxygen atoms in total. The first-order valence-electron chi connectivity index (χ1n) is 7.88. The molecule has 2 aromatic carbocycles. The van der Waals surface area contributed by atoms with E-state index in [-0.39, 0.29) is 24.2 Å². The highest BCUT2D eigenvalue weighted by Crippen LogP contribution is 2.16. The number of rotatable bonds is 5. The van der Waals surface area contributed by atoms with E-state index < -0.39 is 0 Å². The van der Waals surface area contributed by atoms with E-state index in [9.17, 15) is 9.59 Å². The van der Waals surface area contributed by atoms with Crippen molar-refractivity contribution < 1.29 is 9.59 Å². The van der Waals surface area contributed by atoms with Crippen molar-refractivity contribution in [3.05, 3.63) is 65.2 Å². The highest BCUT2D eigenvalue weighted by atomic mass is 35.5. The molecule has 0 atom stereocenters. The van der Waals surface area contributed by atoms with Crippen molar-refractivity contribution in [1.82, 2.24) is 9.80 Å². The molecular weight excluding hydrogens is 338 g/mol. The summed E-state index contributed by atoms with van der Waals surface area (Å²) in [6, 6.07) is 14.4. The summed E-state index contributed by atoms with van der Waals surface area (Å²) < 4.78 is 0. The number of halogens is 1. The van der Waals surface area contributed by atoms with Crippen LogP contribution in [0.4, 0.5) is 5.69 Å². The number of carbonyl (C=O) groups excluding carboxylic acids is 2. The van der Waals surface area contributed by atoms with E-state index in [1.807, 2.05) is 25.1 Å². The maximum absolute atomic E-state index is 12.7. The van der Waals surface area contributed by atoms with Crippen molar-refractivity contribution in [1.29, 1.82) is 0 Å². The first kappa shape index (κ1) is 20.5. The van der Waals surface area contributed by atoms with Crippen molar-refractivity contribution in [3.63, 3.8) is 0 Å². The topological polar surface area (TPSA) is 66.6 Å². The van der Waals surface area contributed by atoms with Crippen LogP contribution in [0.15, 0.2) is 48.5 Å². The minimum absolute atomic E-state index is 0. The lowest BCUT2D eigenvalue weighted by Crippen LogP contribution is -2.31. The number of nitrogen functional groups attached to an aromatic ring is 1. The van der Waals surface area contributed by atoms with Gasteiger partial charge in [-0.2, -0.15) is 0 Å². The zero-order valence-electron chi connectivity index (χ0n) is 14.7. The van der Waals surface area contributed by atoms with Gasteiger partial charge in [-0.15, -0.1) is 12.4 Å². The SMILES string of the molecule is CCN(Cc1ccc(C(=O)N(C)C)cc1)C(=O)c1ccccc1N.Cl. The van der Waals surface area contributed by atoms with Crippen LogP contribution in [0.1, 0.15) is 33.2 Å². The zero-order chi connectivity index (χ0) is 17.7. The molecule has 2 aromatic rings. The molecule has 2 N–H and O–H groups in total. The summed E-state index contributed by atoms with van der Waals surface area (Å²) in [5, 5.41) is 0. The van der Waals surface area contributed by atoms with Gasteiger partial charge in [0, 0.05) is 38.4 Å². The number of nitrogens with zero attached hydrogens (tertiary/aromatic N) is 2. The summed E-state index contributed by atoms with van der Waals surface area (Å²) in [6.07, 6.45) is 0. The van der Waals surface area contributed by atoms with E-state index in [1.54, 1.807) is 49.3 Å². The lowest BCUT2D eigenvalue weighted by Gasteiger charge is -2.22. The van der Waals surface area contributed by atoms with E-state index in [0.29, 0.717) is 29.9 Å². The molecule has 0 heterocycles. The molecule has 0 bridgehead atoms. The Labute approximate surface area is 154 Å². The molecular formula is C19H24ClN3O2. The van der Waals surface area contributed by atoms with E-state index in [2.05, 4.69) is 0 Å². The largest absolute Gasteiger partial charge is 0.398 e. The number of hydrogen-bond donors (Lipinski definition) is 1. The lowest BCUT2D eigenvalue weighted by molar-refractivity contribution is 0.0752. The summed E-state index contributed by atoms with van der Waals surface area (Å²) in [7, 11) is 3.44. The standard InChI is InChI=1S/C19H23N3O2.ClH/c1-4-22(19(24)16-7-5-6-8-17(16)20)13-14-9-11-15(12-10-14)18(23)21(2)3;/h5-12H,4,13,20H2,1-3H3;1H. The Balaban J connectivity index is 0.00000312. The third kappa shape index (κ3) is 4.97. The van der Waals surface area contributed by atoms with E-state index >= 15 is 0 Å². The number of benzene rings is 2. The van der Waals surface area contributed by atoms with Crippen LogP contribution in [0.25, 0.3) is 0 Å². The van der Waals surface area contributed by atoms with Gasteiger partial charge in [-0.25, -0.2) is 0 Å². The van der Waals surface area contributed by atoms with Crippen LogP contribution in [0.5, 0.6) is 0 Å².